The Morgan fingerprint density at radius 2 is 1.71 bits per heavy atom. The molecule has 0 saturated heterocycles. The normalized spacial score (nSPS) is 11.6. The number of nitrogens with two attached hydrogens (primary N) is 1. The Balaban J connectivity index is 1.47. The molecule has 0 radical (unpaired) electrons. The van der Waals surface area contributed by atoms with E-state index in [1.807, 2.05) is 37.5 Å². The molecule has 0 spiro atoms. The van der Waals surface area contributed by atoms with Crippen LogP contribution in [-0.4, -0.2) is 45.2 Å². The van der Waals surface area contributed by atoms with E-state index in [-0.39, 0.29) is 10.8 Å². The Kier molecular flexibility index (Phi) is 5.23. The maximum atomic E-state index is 11.5. The average Bonchev–Trinajstić information content (AvgIpc) is 3.58. The number of ether oxygens (including phenoxy) is 1. The zero-order valence-corrected chi connectivity index (χ0v) is 19.0. The van der Waals surface area contributed by atoms with Gasteiger partial charge in [0.05, 0.1) is 41.3 Å². The molecule has 0 amide bonds. The maximum Gasteiger partial charge on any atom is 0.262 e. The predicted molar refractivity (Wildman–Crippen MR) is 122 cm³/mol. The summed E-state index contributed by atoms with van der Waals surface area (Å²) < 4.78 is 37.1. The standard InChI is InChI=1S/C22H19N7O4S/c1-28-20(15-11-25-29(13-15)16-5-7-17(32-2)8-6-16)19(12-24-28)22-26-21(27-33-22)14-3-9-18(10-4-14)34(23,30)31/h3-13H,1-2H3,(H2,23,30,31). The molecule has 172 valence electrons. The Hall–Kier alpha value is -4.29. The Bertz CT molecular complexity index is 1570. The minimum atomic E-state index is -3.78. The summed E-state index contributed by atoms with van der Waals surface area (Å²) >= 11 is 0. The summed E-state index contributed by atoms with van der Waals surface area (Å²) in [6, 6.07) is 13.5. The smallest absolute Gasteiger partial charge is 0.262 e. The first kappa shape index (κ1) is 21.6. The molecule has 0 saturated carbocycles. The summed E-state index contributed by atoms with van der Waals surface area (Å²) in [6.07, 6.45) is 5.25. The lowest BCUT2D eigenvalue weighted by molar-refractivity contribution is 0.414. The van der Waals surface area contributed by atoms with E-state index in [1.165, 1.54) is 12.1 Å². The average molecular weight is 478 g/mol. The molecule has 3 heterocycles. The Morgan fingerprint density at radius 3 is 2.38 bits per heavy atom. The summed E-state index contributed by atoms with van der Waals surface area (Å²) in [5.74, 6) is 1.34. The van der Waals surface area contributed by atoms with Gasteiger partial charge in [-0.05, 0) is 48.5 Å². The van der Waals surface area contributed by atoms with Crippen molar-refractivity contribution in [3.8, 4) is 45.5 Å². The highest BCUT2D eigenvalue weighted by molar-refractivity contribution is 7.89. The molecule has 0 bridgehead atoms. The van der Waals surface area contributed by atoms with Gasteiger partial charge in [-0.3, -0.25) is 4.68 Å². The summed E-state index contributed by atoms with van der Waals surface area (Å²) in [5, 5.41) is 18.0. The van der Waals surface area contributed by atoms with E-state index in [0.29, 0.717) is 17.0 Å². The highest BCUT2D eigenvalue weighted by Gasteiger charge is 2.21. The molecule has 11 nitrogen and oxygen atoms in total. The molecule has 2 aromatic carbocycles. The molecule has 0 aliphatic heterocycles. The number of nitrogens with zero attached hydrogens (tertiary/aromatic N) is 6. The van der Waals surface area contributed by atoms with Crippen molar-refractivity contribution in [3.05, 3.63) is 67.1 Å². The van der Waals surface area contributed by atoms with Crippen molar-refractivity contribution in [2.24, 2.45) is 12.2 Å². The third-order valence-corrected chi connectivity index (χ3v) is 6.16. The first-order valence-corrected chi connectivity index (χ1v) is 11.6. The van der Waals surface area contributed by atoms with Crippen molar-refractivity contribution in [1.82, 2.24) is 29.7 Å². The number of aromatic nitrogens is 6. The second kappa shape index (κ2) is 8.24. The number of primary sulfonamides is 1. The van der Waals surface area contributed by atoms with E-state index in [0.717, 1.165) is 22.7 Å². The summed E-state index contributed by atoms with van der Waals surface area (Å²) in [4.78, 5) is 4.48. The molecule has 34 heavy (non-hydrogen) atoms. The van der Waals surface area contributed by atoms with Crippen LogP contribution >= 0.6 is 0 Å². The molecule has 0 fully saturated rings. The van der Waals surface area contributed by atoms with Gasteiger partial charge < -0.3 is 9.26 Å². The van der Waals surface area contributed by atoms with E-state index in [1.54, 1.807) is 41.0 Å². The fraction of sp³-hybridized carbons (Fsp3) is 0.0909. The van der Waals surface area contributed by atoms with Gasteiger partial charge in [0.15, 0.2) is 0 Å². The van der Waals surface area contributed by atoms with Gasteiger partial charge in [-0.15, -0.1) is 0 Å². The zero-order valence-electron chi connectivity index (χ0n) is 18.2. The number of sulfonamides is 1. The van der Waals surface area contributed by atoms with E-state index < -0.39 is 10.0 Å². The SMILES string of the molecule is COc1ccc(-n2cc(-c3c(-c4nc(-c5ccc(S(N)(=O)=O)cc5)no4)cnn3C)cn2)cc1. The van der Waals surface area contributed by atoms with E-state index in [9.17, 15) is 8.42 Å². The van der Waals surface area contributed by atoms with Crippen LogP contribution in [0.15, 0.2) is 76.5 Å². The zero-order chi connectivity index (χ0) is 23.9. The summed E-state index contributed by atoms with van der Waals surface area (Å²) in [6.45, 7) is 0. The fourth-order valence-electron chi connectivity index (χ4n) is 3.50. The van der Waals surface area contributed by atoms with Crippen LogP contribution in [0.1, 0.15) is 0 Å². The van der Waals surface area contributed by atoms with Crippen LogP contribution in [0, 0.1) is 0 Å². The minimum Gasteiger partial charge on any atom is -0.497 e. The van der Waals surface area contributed by atoms with E-state index >= 15 is 0 Å². The van der Waals surface area contributed by atoms with Gasteiger partial charge in [-0.25, -0.2) is 18.2 Å². The second-order valence-electron chi connectivity index (χ2n) is 7.39. The van der Waals surface area contributed by atoms with Crippen LogP contribution in [0.5, 0.6) is 5.75 Å². The number of hydrogen-bond acceptors (Lipinski definition) is 8. The number of aryl methyl sites for hydroxylation is 1. The lowest BCUT2D eigenvalue weighted by atomic mass is 10.1. The van der Waals surface area contributed by atoms with Crippen molar-refractivity contribution < 1.29 is 17.7 Å². The predicted octanol–water partition coefficient (Wildman–Crippen LogP) is 2.65. The second-order valence-corrected chi connectivity index (χ2v) is 8.96. The first-order valence-electron chi connectivity index (χ1n) is 10.0. The molecule has 3 aromatic heterocycles. The third kappa shape index (κ3) is 3.95. The van der Waals surface area contributed by atoms with E-state index in [4.69, 9.17) is 14.4 Å². The van der Waals surface area contributed by atoms with Crippen molar-refractivity contribution in [2.45, 2.75) is 4.90 Å². The monoisotopic (exact) mass is 477 g/mol. The fourth-order valence-corrected chi connectivity index (χ4v) is 4.02. The van der Waals surface area contributed by atoms with Gasteiger partial charge in [0, 0.05) is 24.4 Å². The summed E-state index contributed by atoms with van der Waals surface area (Å²) in [5.41, 5.74) is 3.65. The van der Waals surface area contributed by atoms with Crippen molar-refractivity contribution >= 4 is 10.0 Å². The van der Waals surface area contributed by atoms with Crippen molar-refractivity contribution in [2.75, 3.05) is 7.11 Å². The first-order chi connectivity index (χ1) is 16.3. The van der Waals surface area contributed by atoms with Gasteiger partial charge >= 0.3 is 0 Å². The van der Waals surface area contributed by atoms with Crippen molar-refractivity contribution in [1.29, 1.82) is 0 Å². The van der Waals surface area contributed by atoms with Crippen LogP contribution in [-0.2, 0) is 17.1 Å². The molecule has 0 aliphatic rings. The quantitative estimate of drug-likeness (QED) is 0.393. The van der Waals surface area contributed by atoms with Crippen LogP contribution < -0.4 is 9.88 Å². The number of methoxy groups -OCH3 is 1. The van der Waals surface area contributed by atoms with Crippen molar-refractivity contribution in [3.63, 3.8) is 0 Å². The molecule has 5 rings (SSSR count). The van der Waals surface area contributed by atoms with Gasteiger partial charge in [-0.2, -0.15) is 15.2 Å². The maximum absolute atomic E-state index is 11.5. The van der Waals surface area contributed by atoms with Crippen LogP contribution in [0.3, 0.4) is 0 Å². The van der Waals surface area contributed by atoms with Gasteiger partial charge in [0.25, 0.3) is 5.89 Å². The molecular weight excluding hydrogens is 458 g/mol. The lowest BCUT2D eigenvalue weighted by Crippen LogP contribution is -2.11. The lowest BCUT2D eigenvalue weighted by Gasteiger charge is -2.03. The molecule has 0 unspecified atom stereocenters. The van der Waals surface area contributed by atoms with Crippen LogP contribution in [0.25, 0.3) is 39.8 Å². The molecule has 5 aromatic rings. The molecule has 12 heteroatoms. The molecule has 2 N–H and O–H groups in total. The van der Waals surface area contributed by atoms with Crippen LogP contribution in [0.4, 0.5) is 0 Å². The number of rotatable bonds is 6. The van der Waals surface area contributed by atoms with Gasteiger partial charge in [-0.1, -0.05) is 5.16 Å². The number of benzene rings is 2. The third-order valence-electron chi connectivity index (χ3n) is 5.23. The molecular formula is C22H19N7O4S. The largest absolute Gasteiger partial charge is 0.497 e. The molecule has 0 atom stereocenters. The topological polar surface area (TPSA) is 144 Å². The Morgan fingerprint density at radius 1 is 0.971 bits per heavy atom. The van der Waals surface area contributed by atoms with Gasteiger partial charge in [0.2, 0.25) is 15.8 Å². The minimum absolute atomic E-state index is 0.00314. The van der Waals surface area contributed by atoms with Crippen LogP contribution in [0.2, 0.25) is 0 Å². The van der Waals surface area contributed by atoms with Gasteiger partial charge in [0.1, 0.15) is 5.75 Å². The van der Waals surface area contributed by atoms with E-state index in [2.05, 4.69) is 20.3 Å². The highest BCUT2D eigenvalue weighted by Crippen LogP contribution is 2.32. The number of hydrogen-bond donors (Lipinski definition) is 1. The highest BCUT2D eigenvalue weighted by atomic mass is 32.2. The Labute approximate surface area is 194 Å². The summed E-state index contributed by atoms with van der Waals surface area (Å²) in [7, 11) is -0.353. The molecule has 0 aliphatic carbocycles.